The molecule has 1 aliphatic heterocycles. The first-order valence-corrected chi connectivity index (χ1v) is 9.88. The largest absolute Gasteiger partial charge is 0.507 e. The van der Waals surface area contributed by atoms with E-state index in [2.05, 4.69) is 0 Å². The van der Waals surface area contributed by atoms with Gasteiger partial charge in [0.2, 0.25) is 0 Å². The molecule has 1 unspecified atom stereocenters. The number of nitrogens with zero attached hydrogens (tertiary/aromatic N) is 2. The number of nitro groups is 1. The minimum absolute atomic E-state index is 0.0184. The SMILES string of the molecule is COc1cc(C2/C(=C(\O)c3ccc([N+](=O)[O-])cc3)C(=O)C(=O)N2CCOCCO)ccc1O. The zero-order chi connectivity index (χ0) is 24.1. The Balaban J connectivity index is 2.10. The van der Waals surface area contributed by atoms with Gasteiger partial charge in [0.1, 0.15) is 5.76 Å². The van der Waals surface area contributed by atoms with Crippen LogP contribution in [-0.2, 0) is 14.3 Å². The van der Waals surface area contributed by atoms with E-state index in [-0.39, 0.29) is 54.7 Å². The number of likely N-dealkylation sites (tertiary alicyclic amines) is 1. The average Bonchev–Trinajstić information content (AvgIpc) is 3.06. The summed E-state index contributed by atoms with van der Waals surface area (Å²) in [4.78, 5) is 37.3. The number of aliphatic hydroxyl groups is 2. The van der Waals surface area contributed by atoms with Crippen molar-refractivity contribution < 1.29 is 39.3 Å². The van der Waals surface area contributed by atoms with Crippen molar-refractivity contribution >= 4 is 23.1 Å². The van der Waals surface area contributed by atoms with Crippen LogP contribution in [-0.4, -0.2) is 70.3 Å². The number of carbonyl (C=O) groups is 2. The minimum Gasteiger partial charge on any atom is -0.507 e. The summed E-state index contributed by atoms with van der Waals surface area (Å²) in [7, 11) is 1.34. The molecule has 1 fully saturated rings. The van der Waals surface area contributed by atoms with Crippen LogP contribution in [0.3, 0.4) is 0 Å². The highest BCUT2D eigenvalue weighted by Gasteiger charge is 2.46. The fourth-order valence-corrected chi connectivity index (χ4v) is 3.55. The van der Waals surface area contributed by atoms with Crippen LogP contribution in [0.5, 0.6) is 11.5 Å². The summed E-state index contributed by atoms with van der Waals surface area (Å²) in [5.74, 6) is -2.36. The summed E-state index contributed by atoms with van der Waals surface area (Å²) in [6, 6.07) is 8.13. The number of phenols is 1. The standard InChI is InChI=1S/C22H22N2O9/c1-32-17-12-14(4-7-16(17)26)19-18(20(27)13-2-5-15(6-3-13)24(30)31)21(28)22(29)23(19)8-10-33-11-9-25/h2-7,12,19,25-27H,8-11H2,1H3/b20-18+. The van der Waals surface area contributed by atoms with Gasteiger partial charge in [-0.05, 0) is 29.8 Å². The van der Waals surface area contributed by atoms with E-state index in [4.69, 9.17) is 14.6 Å². The first-order chi connectivity index (χ1) is 15.8. The fourth-order valence-electron chi connectivity index (χ4n) is 3.55. The van der Waals surface area contributed by atoms with E-state index in [1.807, 2.05) is 0 Å². The molecule has 1 atom stereocenters. The number of carbonyl (C=O) groups excluding carboxylic acids is 2. The maximum Gasteiger partial charge on any atom is 0.295 e. The van der Waals surface area contributed by atoms with Gasteiger partial charge in [0.15, 0.2) is 11.5 Å². The van der Waals surface area contributed by atoms with Crippen molar-refractivity contribution in [3.8, 4) is 11.5 Å². The van der Waals surface area contributed by atoms with Gasteiger partial charge in [-0.3, -0.25) is 19.7 Å². The van der Waals surface area contributed by atoms with Crippen LogP contribution >= 0.6 is 0 Å². The maximum atomic E-state index is 12.9. The van der Waals surface area contributed by atoms with E-state index in [0.717, 1.165) is 0 Å². The predicted molar refractivity (Wildman–Crippen MR) is 115 cm³/mol. The second kappa shape index (κ2) is 10.1. The molecule has 1 amide bonds. The van der Waals surface area contributed by atoms with Crippen LogP contribution in [0.1, 0.15) is 17.2 Å². The fraction of sp³-hybridized carbons (Fsp3) is 0.273. The van der Waals surface area contributed by atoms with Crippen molar-refractivity contribution in [1.29, 1.82) is 0 Å². The van der Waals surface area contributed by atoms with Crippen molar-refractivity contribution in [2.45, 2.75) is 6.04 Å². The third-order valence-electron chi connectivity index (χ3n) is 5.12. The van der Waals surface area contributed by atoms with E-state index in [9.17, 15) is 29.9 Å². The molecule has 0 spiro atoms. The number of hydrogen-bond donors (Lipinski definition) is 3. The van der Waals surface area contributed by atoms with Gasteiger partial charge < -0.3 is 29.7 Å². The normalized spacial score (nSPS) is 17.4. The van der Waals surface area contributed by atoms with Crippen molar-refractivity contribution in [3.63, 3.8) is 0 Å². The molecule has 1 heterocycles. The van der Waals surface area contributed by atoms with Gasteiger partial charge in [0.25, 0.3) is 17.4 Å². The molecule has 0 radical (unpaired) electrons. The Morgan fingerprint density at radius 1 is 1.15 bits per heavy atom. The number of Topliss-reactive ketones (excluding diaryl/α,β-unsaturated/α-hetero) is 1. The Labute approximate surface area is 188 Å². The molecule has 11 nitrogen and oxygen atoms in total. The van der Waals surface area contributed by atoms with Crippen molar-refractivity contribution in [2.24, 2.45) is 0 Å². The Hall–Kier alpha value is -3.96. The van der Waals surface area contributed by atoms with E-state index >= 15 is 0 Å². The van der Waals surface area contributed by atoms with Gasteiger partial charge >= 0.3 is 0 Å². The topological polar surface area (TPSA) is 160 Å². The number of ketones is 1. The van der Waals surface area contributed by atoms with Gasteiger partial charge in [-0.25, -0.2) is 0 Å². The summed E-state index contributed by atoms with van der Waals surface area (Å²) in [6.45, 7) is -0.158. The maximum absolute atomic E-state index is 12.9. The molecule has 1 aliphatic rings. The van der Waals surface area contributed by atoms with Crippen molar-refractivity contribution in [3.05, 3.63) is 69.3 Å². The van der Waals surface area contributed by atoms with Gasteiger partial charge in [-0.15, -0.1) is 0 Å². The molecule has 3 N–H and O–H groups in total. The highest BCUT2D eigenvalue weighted by Crippen LogP contribution is 2.41. The number of aliphatic hydroxyl groups excluding tert-OH is 2. The van der Waals surface area contributed by atoms with E-state index in [1.54, 1.807) is 0 Å². The molecule has 2 aromatic carbocycles. The van der Waals surface area contributed by atoms with Crippen LogP contribution in [0.15, 0.2) is 48.0 Å². The Bertz CT molecular complexity index is 1100. The first-order valence-electron chi connectivity index (χ1n) is 9.88. The van der Waals surface area contributed by atoms with Crippen molar-refractivity contribution in [1.82, 2.24) is 4.90 Å². The second-order valence-corrected chi connectivity index (χ2v) is 7.06. The molecule has 174 valence electrons. The number of methoxy groups -OCH3 is 1. The Morgan fingerprint density at radius 3 is 2.45 bits per heavy atom. The summed E-state index contributed by atoms with van der Waals surface area (Å²) >= 11 is 0. The monoisotopic (exact) mass is 458 g/mol. The lowest BCUT2D eigenvalue weighted by molar-refractivity contribution is -0.384. The number of non-ortho nitro benzene ring substituents is 1. The molecule has 33 heavy (non-hydrogen) atoms. The quantitative estimate of drug-likeness (QED) is 0.127. The lowest BCUT2D eigenvalue weighted by Crippen LogP contribution is -2.33. The lowest BCUT2D eigenvalue weighted by atomic mass is 9.95. The first kappa shape index (κ1) is 23.7. The molecule has 0 aliphatic carbocycles. The number of nitro benzene ring substituents is 1. The third-order valence-corrected chi connectivity index (χ3v) is 5.12. The molecule has 2 aromatic rings. The number of ether oxygens (including phenoxy) is 2. The van der Waals surface area contributed by atoms with Gasteiger partial charge in [-0.1, -0.05) is 6.07 Å². The number of aromatic hydroxyl groups is 1. The van der Waals surface area contributed by atoms with E-state index in [1.165, 1.54) is 54.5 Å². The Morgan fingerprint density at radius 2 is 1.85 bits per heavy atom. The van der Waals surface area contributed by atoms with Crippen LogP contribution in [0, 0.1) is 10.1 Å². The molecule has 1 saturated heterocycles. The minimum atomic E-state index is -1.03. The molecule has 0 saturated carbocycles. The van der Waals surface area contributed by atoms with Crippen LogP contribution in [0.2, 0.25) is 0 Å². The highest BCUT2D eigenvalue weighted by atomic mass is 16.6. The van der Waals surface area contributed by atoms with Gasteiger partial charge in [0, 0.05) is 24.2 Å². The summed E-state index contributed by atoms with van der Waals surface area (Å²) < 4.78 is 10.4. The van der Waals surface area contributed by atoms with Crippen LogP contribution < -0.4 is 4.74 Å². The zero-order valence-electron chi connectivity index (χ0n) is 17.6. The number of benzene rings is 2. The summed E-state index contributed by atoms with van der Waals surface area (Å²) in [6.07, 6.45) is 0. The molecular formula is C22H22N2O9. The summed E-state index contributed by atoms with van der Waals surface area (Å²) in [5, 5.41) is 40.7. The number of hydrogen-bond acceptors (Lipinski definition) is 9. The van der Waals surface area contributed by atoms with Gasteiger partial charge in [-0.2, -0.15) is 0 Å². The second-order valence-electron chi connectivity index (χ2n) is 7.06. The molecule has 0 aromatic heterocycles. The van der Waals surface area contributed by atoms with E-state index < -0.39 is 28.4 Å². The van der Waals surface area contributed by atoms with Gasteiger partial charge in [0.05, 0.1) is 43.5 Å². The highest BCUT2D eigenvalue weighted by molar-refractivity contribution is 6.46. The molecule has 11 heteroatoms. The average molecular weight is 458 g/mol. The molecule has 0 bridgehead atoms. The number of phenolic OH excluding ortho intramolecular Hbond substituents is 1. The molecule has 3 rings (SSSR count). The third kappa shape index (κ3) is 4.78. The lowest BCUT2D eigenvalue weighted by Gasteiger charge is -2.25. The smallest absolute Gasteiger partial charge is 0.295 e. The number of rotatable bonds is 9. The zero-order valence-corrected chi connectivity index (χ0v) is 17.6. The number of amides is 1. The van der Waals surface area contributed by atoms with Crippen LogP contribution in [0.4, 0.5) is 5.69 Å². The Kier molecular flexibility index (Phi) is 7.26. The van der Waals surface area contributed by atoms with Crippen LogP contribution in [0.25, 0.3) is 5.76 Å². The molecular weight excluding hydrogens is 436 g/mol. The summed E-state index contributed by atoms with van der Waals surface area (Å²) in [5.41, 5.74) is 0.0805. The predicted octanol–water partition coefficient (Wildman–Crippen LogP) is 1.74. The van der Waals surface area contributed by atoms with Crippen molar-refractivity contribution in [2.75, 3.05) is 33.5 Å². The van der Waals surface area contributed by atoms with E-state index in [0.29, 0.717) is 5.56 Å².